The molecule has 2 aliphatic rings. The highest BCUT2D eigenvalue weighted by molar-refractivity contribution is 5.81. The van der Waals surface area contributed by atoms with E-state index in [1.165, 1.54) is 0 Å². The Hall–Kier alpha value is -1.93. The number of carboxylic acid groups (broad SMARTS) is 1. The van der Waals surface area contributed by atoms with E-state index in [0.29, 0.717) is 0 Å². The van der Waals surface area contributed by atoms with Gasteiger partial charge in [-0.05, 0) is 0 Å². The van der Waals surface area contributed by atoms with E-state index in [1.54, 1.807) is 0 Å². The van der Waals surface area contributed by atoms with Crippen LogP contribution in [0.3, 0.4) is 0 Å². The van der Waals surface area contributed by atoms with Crippen molar-refractivity contribution in [3.63, 3.8) is 0 Å². The second kappa shape index (κ2) is 6.68. The third kappa shape index (κ3) is 3.79. The summed E-state index contributed by atoms with van der Waals surface area (Å²) in [5.74, 6) is -2.27. The highest BCUT2D eigenvalue weighted by atomic mass is 16.7. The Labute approximate surface area is 120 Å². The van der Waals surface area contributed by atoms with E-state index in [9.17, 15) is 14.4 Å². The molecule has 21 heavy (non-hydrogen) atoms. The maximum Gasteiger partial charge on any atom is 0.330 e. The average molecular weight is 300 g/mol. The third-order valence-electron chi connectivity index (χ3n) is 3.22. The smallest absolute Gasteiger partial charge is 0.330 e. The third-order valence-corrected chi connectivity index (χ3v) is 3.22. The van der Waals surface area contributed by atoms with Gasteiger partial charge in [0, 0.05) is 6.08 Å². The van der Waals surface area contributed by atoms with Crippen molar-refractivity contribution in [3.05, 3.63) is 12.7 Å². The lowest BCUT2D eigenvalue weighted by Gasteiger charge is -2.16. The van der Waals surface area contributed by atoms with Crippen LogP contribution in [0.1, 0.15) is 12.8 Å². The summed E-state index contributed by atoms with van der Waals surface area (Å²) >= 11 is 0. The van der Waals surface area contributed by atoms with E-state index in [-0.39, 0.29) is 26.1 Å². The Kier molecular flexibility index (Phi) is 4.92. The van der Waals surface area contributed by atoms with Gasteiger partial charge in [-0.3, -0.25) is 9.59 Å². The fourth-order valence-electron chi connectivity index (χ4n) is 2.27. The quantitative estimate of drug-likeness (QED) is 0.524. The number of carboxylic acids is 1. The summed E-state index contributed by atoms with van der Waals surface area (Å²) in [5.41, 5.74) is 0. The van der Waals surface area contributed by atoms with Crippen molar-refractivity contribution in [1.29, 1.82) is 0 Å². The van der Waals surface area contributed by atoms with Gasteiger partial charge in [0.25, 0.3) is 0 Å². The molecule has 0 bridgehead atoms. The van der Waals surface area contributed by atoms with Crippen LogP contribution >= 0.6 is 0 Å². The lowest BCUT2D eigenvalue weighted by atomic mass is 10.1. The fourth-order valence-corrected chi connectivity index (χ4v) is 2.27. The predicted octanol–water partition coefficient (Wildman–Crippen LogP) is -0.342. The molecule has 0 radical (unpaired) electrons. The minimum atomic E-state index is -1.07. The monoisotopic (exact) mass is 300 g/mol. The van der Waals surface area contributed by atoms with Crippen LogP contribution in [0.4, 0.5) is 0 Å². The summed E-state index contributed by atoms with van der Waals surface area (Å²) < 4.78 is 21.1. The largest absolute Gasteiger partial charge is 0.481 e. The number of carbonyl (C=O) groups excluding carboxylic acids is 2. The van der Waals surface area contributed by atoms with Gasteiger partial charge in [-0.2, -0.15) is 0 Å². The number of hydrogen-bond donors (Lipinski definition) is 1. The lowest BCUT2D eigenvalue weighted by molar-refractivity contribution is -0.156. The Bertz CT molecular complexity index is 445. The number of hydrogen-bond acceptors (Lipinski definition) is 7. The van der Waals surface area contributed by atoms with Gasteiger partial charge in [-0.1, -0.05) is 6.58 Å². The molecular formula is C13H16O8. The molecule has 2 heterocycles. The molecule has 4 atom stereocenters. The molecule has 0 spiro atoms. The van der Waals surface area contributed by atoms with E-state index >= 15 is 0 Å². The Morgan fingerprint density at radius 1 is 1.10 bits per heavy atom. The molecule has 0 amide bonds. The van der Waals surface area contributed by atoms with Gasteiger partial charge >= 0.3 is 17.9 Å². The van der Waals surface area contributed by atoms with E-state index < -0.39 is 42.3 Å². The molecule has 8 heteroatoms. The van der Waals surface area contributed by atoms with Crippen LogP contribution in [-0.4, -0.2) is 60.6 Å². The zero-order valence-electron chi connectivity index (χ0n) is 11.2. The first-order valence-corrected chi connectivity index (χ1v) is 6.48. The molecule has 2 rings (SSSR count). The molecule has 2 saturated heterocycles. The maximum atomic E-state index is 11.5. The standard InChI is InChI=1S/C13H16O8/c1-2-10(16)20-7-5-18-13-8(6-19-12(7)13)21-11(17)4-3-9(14)15/h2,7-8,12-13H,1,3-6H2,(H,14,15)/t7-,8+,12+,13+/m0/s1. The van der Waals surface area contributed by atoms with E-state index in [4.69, 9.17) is 24.1 Å². The fraction of sp³-hybridized carbons (Fsp3) is 0.615. The number of esters is 2. The number of rotatable bonds is 6. The topological polar surface area (TPSA) is 108 Å². The van der Waals surface area contributed by atoms with Crippen LogP contribution in [-0.2, 0) is 33.3 Å². The van der Waals surface area contributed by atoms with Gasteiger partial charge in [0.1, 0.15) is 12.2 Å². The first-order valence-electron chi connectivity index (χ1n) is 6.48. The lowest BCUT2D eigenvalue weighted by Crippen LogP contribution is -2.35. The van der Waals surface area contributed by atoms with Gasteiger partial charge in [0.15, 0.2) is 12.2 Å². The minimum absolute atomic E-state index is 0.121. The molecule has 2 aliphatic heterocycles. The first kappa shape index (κ1) is 15.5. The van der Waals surface area contributed by atoms with Crippen molar-refractivity contribution < 1.29 is 38.4 Å². The van der Waals surface area contributed by atoms with Crippen molar-refractivity contribution in [2.45, 2.75) is 37.3 Å². The normalized spacial score (nSPS) is 30.5. The molecule has 2 fully saturated rings. The van der Waals surface area contributed by atoms with Crippen LogP contribution in [0.25, 0.3) is 0 Å². The molecule has 0 aliphatic carbocycles. The van der Waals surface area contributed by atoms with Crippen molar-refractivity contribution in [1.82, 2.24) is 0 Å². The molecule has 0 aromatic carbocycles. The van der Waals surface area contributed by atoms with Gasteiger partial charge in [-0.25, -0.2) is 4.79 Å². The highest BCUT2D eigenvalue weighted by Crippen LogP contribution is 2.30. The van der Waals surface area contributed by atoms with Crippen LogP contribution in [0.5, 0.6) is 0 Å². The van der Waals surface area contributed by atoms with E-state index in [1.807, 2.05) is 0 Å². The van der Waals surface area contributed by atoms with Crippen molar-refractivity contribution in [3.8, 4) is 0 Å². The Balaban J connectivity index is 1.84. The van der Waals surface area contributed by atoms with E-state index in [0.717, 1.165) is 6.08 Å². The molecule has 0 aromatic heterocycles. The molecule has 1 N–H and O–H groups in total. The second-order valence-electron chi connectivity index (χ2n) is 4.70. The highest BCUT2D eigenvalue weighted by Gasteiger charge is 2.51. The van der Waals surface area contributed by atoms with Crippen LogP contribution in [0.15, 0.2) is 12.7 Å². The second-order valence-corrected chi connectivity index (χ2v) is 4.70. The first-order chi connectivity index (χ1) is 10.0. The van der Waals surface area contributed by atoms with Crippen molar-refractivity contribution in [2.24, 2.45) is 0 Å². The summed E-state index contributed by atoms with van der Waals surface area (Å²) in [6.07, 6.45) is -1.65. The predicted molar refractivity (Wildman–Crippen MR) is 66.3 cm³/mol. The molecule has 0 aromatic rings. The van der Waals surface area contributed by atoms with Crippen LogP contribution in [0, 0.1) is 0 Å². The summed E-state index contributed by atoms with van der Waals surface area (Å²) in [6, 6.07) is 0. The average Bonchev–Trinajstić information content (AvgIpc) is 3.01. The Morgan fingerprint density at radius 3 is 2.19 bits per heavy atom. The zero-order chi connectivity index (χ0) is 15.4. The molecule has 0 unspecified atom stereocenters. The minimum Gasteiger partial charge on any atom is -0.481 e. The molecular weight excluding hydrogens is 284 g/mol. The van der Waals surface area contributed by atoms with Gasteiger partial charge in [-0.15, -0.1) is 0 Å². The van der Waals surface area contributed by atoms with E-state index in [2.05, 4.69) is 6.58 Å². The van der Waals surface area contributed by atoms with Crippen LogP contribution in [0.2, 0.25) is 0 Å². The maximum absolute atomic E-state index is 11.5. The number of ether oxygens (including phenoxy) is 4. The summed E-state index contributed by atoms with van der Waals surface area (Å²) in [6.45, 7) is 3.58. The Morgan fingerprint density at radius 2 is 1.67 bits per heavy atom. The SMILES string of the molecule is C=CC(=O)O[C@H]1CO[C@H]2[C@@H]1OC[C@H]2OC(=O)CCC(=O)O. The van der Waals surface area contributed by atoms with Gasteiger partial charge < -0.3 is 24.1 Å². The van der Waals surface area contributed by atoms with Crippen LogP contribution < -0.4 is 0 Å². The summed E-state index contributed by atoms with van der Waals surface area (Å²) in [7, 11) is 0. The summed E-state index contributed by atoms with van der Waals surface area (Å²) in [4.78, 5) is 33.1. The molecule has 8 nitrogen and oxygen atoms in total. The van der Waals surface area contributed by atoms with Crippen molar-refractivity contribution in [2.75, 3.05) is 13.2 Å². The van der Waals surface area contributed by atoms with Gasteiger partial charge in [0.2, 0.25) is 0 Å². The number of fused-ring (bicyclic) bond motifs is 1. The summed E-state index contributed by atoms with van der Waals surface area (Å²) in [5, 5.41) is 8.50. The number of carbonyl (C=O) groups is 3. The molecule has 0 saturated carbocycles. The number of aliphatic carboxylic acids is 1. The molecule has 116 valence electrons. The van der Waals surface area contributed by atoms with Gasteiger partial charge in [0.05, 0.1) is 26.1 Å². The van der Waals surface area contributed by atoms with Crippen molar-refractivity contribution >= 4 is 17.9 Å². The zero-order valence-corrected chi connectivity index (χ0v) is 11.2.